The number of benzene rings is 1. The van der Waals surface area contributed by atoms with Crippen LogP contribution in [0.15, 0.2) is 36.7 Å². The Labute approximate surface area is 225 Å². The average Bonchev–Trinajstić information content (AvgIpc) is 2.92. The molecule has 2 fully saturated rings. The number of carbonyl (C=O) groups is 2. The van der Waals surface area contributed by atoms with Crippen molar-refractivity contribution in [3.63, 3.8) is 0 Å². The standard InChI is InChI=1S/C29H40N6O3/c1-29(2,3)38-28(37)34-14-9-23(10-15-34)32-26-18-25(30-20-31-26)27(36)33-16-11-24(12-17-33)35-13-8-21-6-4-5-7-22(21)19-35/h4-7,18,20,23-24H,8-17,19H2,1-3H3,(H,30,31,32). The molecule has 0 bridgehead atoms. The zero-order valence-electron chi connectivity index (χ0n) is 22.9. The van der Waals surface area contributed by atoms with Crippen molar-refractivity contribution in [2.24, 2.45) is 0 Å². The molecule has 1 aromatic heterocycles. The third-order valence-corrected chi connectivity index (χ3v) is 7.81. The first-order valence-corrected chi connectivity index (χ1v) is 13.9. The van der Waals surface area contributed by atoms with E-state index in [1.54, 1.807) is 11.0 Å². The van der Waals surface area contributed by atoms with Crippen LogP contribution in [0.3, 0.4) is 0 Å². The fourth-order valence-electron chi connectivity index (χ4n) is 5.72. The van der Waals surface area contributed by atoms with E-state index in [1.165, 1.54) is 17.5 Å². The second kappa shape index (κ2) is 11.3. The van der Waals surface area contributed by atoms with Crippen molar-refractivity contribution in [2.45, 2.75) is 77.1 Å². The molecule has 0 saturated carbocycles. The fraction of sp³-hybridized carbons (Fsp3) is 0.586. The van der Waals surface area contributed by atoms with Gasteiger partial charge in [0.05, 0.1) is 0 Å². The van der Waals surface area contributed by atoms with Crippen molar-refractivity contribution in [3.05, 3.63) is 53.5 Å². The van der Waals surface area contributed by atoms with Gasteiger partial charge in [-0.05, 0) is 64.0 Å². The number of nitrogens with zero attached hydrogens (tertiary/aromatic N) is 5. The molecule has 2 amide bonds. The number of hydrogen-bond acceptors (Lipinski definition) is 7. The Hall–Kier alpha value is -3.20. The quantitative estimate of drug-likeness (QED) is 0.653. The Kier molecular flexibility index (Phi) is 7.83. The number of ether oxygens (including phenoxy) is 1. The maximum atomic E-state index is 13.3. The number of fused-ring (bicyclic) bond motifs is 1. The molecule has 2 aromatic rings. The Morgan fingerprint density at radius 1 is 0.921 bits per heavy atom. The minimum Gasteiger partial charge on any atom is -0.444 e. The van der Waals surface area contributed by atoms with Crippen LogP contribution in [0, 0.1) is 0 Å². The molecule has 2 saturated heterocycles. The molecule has 1 N–H and O–H groups in total. The summed E-state index contributed by atoms with van der Waals surface area (Å²) in [5.41, 5.74) is 2.84. The second-order valence-electron chi connectivity index (χ2n) is 11.7. The van der Waals surface area contributed by atoms with Crippen LogP contribution in [0.5, 0.6) is 0 Å². The van der Waals surface area contributed by atoms with Gasteiger partial charge in [0.2, 0.25) is 0 Å². The SMILES string of the molecule is CC(C)(C)OC(=O)N1CCC(Nc2cc(C(=O)N3CCC(N4CCc5ccccc5C4)CC3)ncn2)CC1. The zero-order chi connectivity index (χ0) is 26.7. The van der Waals surface area contributed by atoms with Crippen molar-refractivity contribution in [3.8, 4) is 0 Å². The minimum absolute atomic E-state index is 0.0300. The highest BCUT2D eigenvalue weighted by Gasteiger charge is 2.30. The maximum absolute atomic E-state index is 13.3. The van der Waals surface area contributed by atoms with Crippen LogP contribution >= 0.6 is 0 Å². The van der Waals surface area contributed by atoms with Gasteiger partial charge in [0.25, 0.3) is 5.91 Å². The minimum atomic E-state index is -0.495. The lowest BCUT2D eigenvalue weighted by Gasteiger charge is -2.40. The summed E-state index contributed by atoms with van der Waals surface area (Å²) in [7, 11) is 0. The molecule has 4 heterocycles. The lowest BCUT2D eigenvalue weighted by molar-refractivity contribution is 0.0210. The molecule has 0 radical (unpaired) electrons. The van der Waals surface area contributed by atoms with Gasteiger partial charge in [0.15, 0.2) is 0 Å². The Balaban J connectivity index is 1.10. The summed E-state index contributed by atoms with van der Waals surface area (Å²) < 4.78 is 5.49. The summed E-state index contributed by atoms with van der Waals surface area (Å²) in [5.74, 6) is 0.624. The van der Waals surface area contributed by atoms with Crippen LogP contribution in [0.1, 0.15) is 68.1 Å². The van der Waals surface area contributed by atoms with Gasteiger partial charge in [-0.15, -0.1) is 0 Å². The molecule has 3 aliphatic rings. The molecular weight excluding hydrogens is 480 g/mol. The Bertz CT molecular complexity index is 1130. The lowest BCUT2D eigenvalue weighted by Crippen LogP contribution is -2.48. The molecule has 0 spiro atoms. The molecule has 1 aromatic carbocycles. The molecule has 5 rings (SSSR count). The highest BCUT2D eigenvalue weighted by molar-refractivity contribution is 5.93. The molecule has 9 heteroatoms. The van der Waals surface area contributed by atoms with Crippen LogP contribution in [0.2, 0.25) is 0 Å². The highest BCUT2D eigenvalue weighted by Crippen LogP contribution is 2.26. The average molecular weight is 521 g/mol. The molecular formula is C29H40N6O3. The number of anilines is 1. The topological polar surface area (TPSA) is 90.9 Å². The summed E-state index contributed by atoms with van der Waals surface area (Å²) in [6.45, 7) is 10.5. The monoisotopic (exact) mass is 520 g/mol. The molecule has 3 aliphatic heterocycles. The van der Waals surface area contributed by atoms with Crippen LogP contribution in [-0.4, -0.2) is 87.1 Å². The van der Waals surface area contributed by atoms with E-state index in [2.05, 4.69) is 44.5 Å². The van der Waals surface area contributed by atoms with E-state index in [0.29, 0.717) is 30.6 Å². The Morgan fingerprint density at radius 3 is 2.32 bits per heavy atom. The van der Waals surface area contributed by atoms with Crippen molar-refractivity contribution < 1.29 is 14.3 Å². The number of hydrogen-bond donors (Lipinski definition) is 1. The van der Waals surface area contributed by atoms with E-state index in [9.17, 15) is 9.59 Å². The van der Waals surface area contributed by atoms with Crippen LogP contribution in [-0.2, 0) is 17.7 Å². The largest absolute Gasteiger partial charge is 0.444 e. The summed E-state index contributed by atoms with van der Waals surface area (Å²) in [6.07, 6.45) is 5.86. The second-order valence-corrected chi connectivity index (χ2v) is 11.7. The molecule has 38 heavy (non-hydrogen) atoms. The summed E-state index contributed by atoms with van der Waals surface area (Å²) >= 11 is 0. The van der Waals surface area contributed by atoms with E-state index in [1.807, 2.05) is 25.7 Å². The van der Waals surface area contributed by atoms with Crippen LogP contribution in [0.4, 0.5) is 10.6 Å². The molecule has 204 valence electrons. The third-order valence-electron chi connectivity index (χ3n) is 7.81. The van der Waals surface area contributed by atoms with E-state index in [0.717, 1.165) is 58.3 Å². The predicted octanol–water partition coefficient (Wildman–Crippen LogP) is 3.95. The van der Waals surface area contributed by atoms with Gasteiger partial charge in [0.1, 0.15) is 23.4 Å². The Morgan fingerprint density at radius 2 is 1.61 bits per heavy atom. The van der Waals surface area contributed by atoms with Crippen LogP contribution < -0.4 is 5.32 Å². The number of likely N-dealkylation sites (tertiary alicyclic amines) is 2. The first-order valence-electron chi connectivity index (χ1n) is 13.9. The predicted molar refractivity (Wildman–Crippen MR) is 146 cm³/mol. The van der Waals surface area contributed by atoms with Gasteiger partial charge in [-0.3, -0.25) is 9.69 Å². The van der Waals surface area contributed by atoms with Crippen molar-refractivity contribution in [1.82, 2.24) is 24.7 Å². The number of piperidine rings is 2. The normalized spacial score (nSPS) is 19.7. The molecule has 0 atom stereocenters. The van der Waals surface area contributed by atoms with E-state index in [-0.39, 0.29) is 18.0 Å². The number of rotatable bonds is 4. The maximum Gasteiger partial charge on any atom is 0.410 e. The first kappa shape index (κ1) is 26.4. The van der Waals surface area contributed by atoms with Crippen molar-refractivity contribution in [1.29, 1.82) is 0 Å². The summed E-state index contributed by atoms with van der Waals surface area (Å²) in [5, 5.41) is 3.44. The van der Waals surface area contributed by atoms with Gasteiger partial charge < -0.3 is 19.9 Å². The van der Waals surface area contributed by atoms with Gasteiger partial charge in [0, 0.05) is 57.4 Å². The van der Waals surface area contributed by atoms with Gasteiger partial charge in [-0.2, -0.15) is 0 Å². The van der Waals surface area contributed by atoms with Gasteiger partial charge in [-0.25, -0.2) is 14.8 Å². The number of nitrogens with one attached hydrogen (secondary N) is 1. The van der Waals surface area contributed by atoms with Crippen LogP contribution in [0.25, 0.3) is 0 Å². The molecule has 0 aliphatic carbocycles. The molecule has 0 unspecified atom stereocenters. The fourth-order valence-corrected chi connectivity index (χ4v) is 5.72. The summed E-state index contributed by atoms with van der Waals surface area (Å²) in [6, 6.07) is 11.2. The van der Waals surface area contributed by atoms with Gasteiger partial charge >= 0.3 is 6.09 Å². The third kappa shape index (κ3) is 6.43. The zero-order valence-corrected chi connectivity index (χ0v) is 22.9. The highest BCUT2D eigenvalue weighted by atomic mass is 16.6. The number of aromatic nitrogens is 2. The van der Waals surface area contributed by atoms with E-state index >= 15 is 0 Å². The van der Waals surface area contributed by atoms with E-state index in [4.69, 9.17) is 4.74 Å². The van der Waals surface area contributed by atoms with Gasteiger partial charge in [-0.1, -0.05) is 24.3 Å². The smallest absolute Gasteiger partial charge is 0.410 e. The molecule has 9 nitrogen and oxygen atoms in total. The lowest BCUT2D eigenvalue weighted by atomic mass is 9.95. The van der Waals surface area contributed by atoms with Crippen molar-refractivity contribution in [2.75, 3.05) is 38.0 Å². The van der Waals surface area contributed by atoms with Crippen molar-refractivity contribution >= 4 is 17.8 Å². The first-order chi connectivity index (χ1) is 18.2. The number of carbonyl (C=O) groups excluding carboxylic acids is 2. The number of amides is 2. The summed E-state index contributed by atoms with van der Waals surface area (Å²) in [4.78, 5) is 40.5. The van der Waals surface area contributed by atoms with E-state index < -0.39 is 5.60 Å².